The van der Waals surface area contributed by atoms with Crippen molar-refractivity contribution in [2.45, 2.75) is 57.3 Å². The van der Waals surface area contributed by atoms with Crippen LogP contribution >= 0.6 is 0 Å². The molecular formula is C13H24N4O2S. The van der Waals surface area contributed by atoms with Crippen LogP contribution in [0.3, 0.4) is 0 Å². The minimum Gasteiger partial charge on any atom is -0.336 e. The number of rotatable bonds is 6. The summed E-state index contributed by atoms with van der Waals surface area (Å²) in [5.74, 6) is 0. The predicted octanol–water partition coefficient (Wildman–Crippen LogP) is 1.05. The molecule has 1 fully saturated rings. The fourth-order valence-electron chi connectivity index (χ4n) is 2.48. The molecule has 1 aliphatic heterocycles. The van der Waals surface area contributed by atoms with Crippen molar-refractivity contribution in [1.29, 1.82) is 0 Å². The molecule has 1 aromatic rings. The van der Waals surface area contributed by atoms with Gasteiger partial charge in [0.25, 0.3) is 10.0 Å². The van der Waals surface area contributed by atoms with Gasteiger partial charge in [-0.1, -0.05) is 0 Å². The maximum absolute atomic E-state index is 12.7. The SMILES string of the molecule is CCn1cnc(S(=O)(=O)N(CC2CCCN2)C(C)C)c1. The van der Waals surface area contributed by atoms with Gasteiger partial charge in [0.2, 0.25) is 0 Å². The number of nitrogens with one attached hydrogen (secondary N) is 1. The van der Waals surface area contributed by atoms with Gasteiger partial charge in [0.05, 0.1) is 6.33 Å². The average Bonchev–Trinajstić information content (AvgIpc) is 3.06. The summed E-state index contributed by atoms with van der Waals surface area (Å²) in [5.41, 5.74) is 0. The smallest absolute Gasteiger partial charge is 0.262 e. The molecule has 1 unspecified atom stereocenters. The summed E-state index contributed by atoms with van der Waals surface area (Å²) in [7, 11) is -3.52. The van der Waals surface area contributed by atoms with E-state index < -0.39 is 10.0 Å². The van der Waals surface area contributed by atoms with E-state index >= 15 is 0 Å². The zero-order chi connectivity index (χ0) is 14.8. The molecule has 0 aromatic carbocycles. The lowest BCUT2D eigenvalue weighted by Crippen LogP contribution is -2.44. The Morgan fingerprint density at radius 1 is 1.55 bits per heavy atom. The standard InChI is InChI=1S/C13H24N4O2S/c1-4-16-9-13(15-10-16)20(18,19)17(11(2)3)8-12-6-5-7-14-12/h9-12,14H,4-8H2,1-3H3. The van der Waals surface area contributed by atoms with E-state index in [0.717, 1.165) is 19.4 Å². The Hall–Kier alpha value is -0.920. The Labute approximate surface area is 121 Å². The van der Waals surface area contributed by atoms with Gasteiger partial charge in [-0.3, -0.25) is 0 Å². The third-order valence-electron chi connectivity index (χ3n) is 3.69. The van der Waals surface area contributed by atoms with E-state index in [4.69, 9.17) is 0 Å². The van der Waals surface area contributed by atoms with E-state index in [2.05, 4.69) is 10.3 Å². The van der Waals surface area contributed by atoms with Crippen LogP contribution in [0.4, 0.5) is 0 Å². The van der Waals surface area contributed by atoms with E-state index in [9.17, 15) is 8.42 Å². The monoisotopic (exact) mass is 300 g/mol. The number of sulfonamides is 1. The highest BCUT2D eigenvalue weighted by Crippen LogP contribution is 2.19. The normalized spacial score (nSPS) is 20.1. The number of imidazole rings is 1. The van der Waals surface area contributed by atoms with Crippen molar-refractivity contribution in [3.05, 3.63) is 12.5 Å². The molecule has 6 nitrogen and oxygen atoms in total. The Bertz CT molecular complexity index is 532. The lowest BCUT2D eigenvalue weighted by molar-refractivity contribution is 0.321. The fourth-order valence-corrected chi connectivity index (χ4v) is 4.10. The molecule has 0 bridgehead atoms. The third-order valence-corrected chi connectivity index (χ3v) is 5.61. The van der Waals surface area contributed by atoms with Crippen LogP contribution in [0, 0.1) is 0 Å². The maximum Gasteiger partial charge on any atom is 0.262 e. The zero-order valence-electron chi connectivity index (χ0n) is 12.4. The fraction of sp³-hybridized carbons (Fsp3) is 0.769. The van der Waals surface area contributed by atoms with Gasteiger partial charge in [-0.15, -0.1) is 0 Å². The predicted molar refractivity (Wildman–Crippen MR) is 78.0 cm³/mol. The summed E-state index contributed by atoms with van der Waals surface area (Å²) in [4.78, 5) is 4.05. The van der Waals surface area contributed by atoms with Gasteiger partial charge < -0.3 is 9.88 Å². The molecular weight excluding hydrogens is 276 g/mol. The van der Waals surface area contributed by atoms with Crippen molar-refractivity contribution in [2.24, 2.45) is 0 Å². The molecule has 0 amide bonds. The first-order valence-corrected chi connectivity index (χ1v) is 8.66. The van der Waals surface area contributed by atoms with Gasteiger partial charge in [-0.2, -0.15) is 4.31 Å². The van der Waals surface area contributed by atoms with Gasteiger partial charge >= 0.3 is 0 Å². The third kappa shape index (κ3) is 3.21. The topological polar surface area (TPSA) is 67.2 Å². The van der Waals surface area contributed by atoms with Crippen LogP contribution in [0.5, 0.6) is 0 Å². The molecule has 1 saturated heterocycles. The van der Waals surface area contributed by atoms with Gasteiger partial charge in [-0.25, -0.2) is 13.4 Å². The molecule has 0 aliphatic carbocycles. The molecule has 1 aromatic heterocycles. The summed E-state index contributed by atoms with van der Waals surface area (Å²) in [6.07, 6.45) is 5.31. The second-order valence-corrected chi connectivity index (χ2v) is 7.34. The summed E-state index contributed by atoms with van der Waals surface area (Å²) in [5, 5.41) is 3.49. The van der Waals surface area contributed by atoms with Crippen molar-refractivity contribution >= 4 is 10.0 Å². The van der Waals surface area contributed by atoms with E-state index in [1.807, 2.05) is 20.8 Å². The van der Waals surface area contributed by atoms with Gasteiger partial charge in [-0.05, 0) is 40.2 Å². The number of nitrogens with zero attached hydrogens (tertiary/aromatic N) is 3. The number of aryl methyl sites for hydroxylation is 1. The molecule has 2 heterocycles. The second-order valence-electron chi connectivity index (χ2n) is 5.50. The molecule has 1 atom stereocenters. The Morgan fingerprint density at radius 2 is 2.30 bits per heavy atom. The molecule has 0 spiro atoms. The van der Waals surface area contributed by atoms with Gasteiger partial charge in [0.1, 0.15) is 0 Å². The Balaban J connectivity index is 2.22. The van der Waals surface area contributed by atoms with Crippen LogP contribution in [-0.4, -0.2) is 47.4 Å². The van der Waals surface area contributed by atoms with Crippen LogP contribution in [0.25, 0.3) is 0 Å². The number of hydrogen-bond acceptors (Lipinski definition) is 4. The molecule has 0 saturated carbocycles. The highest BCUT2D eigenvalue weighted by atomic mass is 32.2. The quantitative estimate of drug-likeness (QED) is 0.853. The highest BCUT2D eigenvalue weighted by Gasteiger charge is 2.31. The summed E-state index contributed by atoms with van der Waals surface area (Å²) >= 11 is 0. The van der Waals surface area contributed by atoms with Crippen LogP contribution in [0.1, 0.15) is 33.6 Å². The maximum atomic E-state index is 12.7. The van der Waals surface area contributed by atoms with E-state index in [-0.39, 0.29) is 17.1 Å². The first-order chi connectivity index (χ1) is 9.45. The molecule has 20 heavy (non-hydrogen) atoms. The Morgan fingerprint density at radius 3 is 2.80 bits per heavy atom. The van der Waals surface area contributed by atoms with E-state index in [1.165, 1.54) is 0 Å². The molecule has 0 radical (unpaired) electrons. The van der Waals surface area contributed by atoms with Crippen LogP contribution in [0.15, 0.2) is 17.6 Å². The van der Waals surface area contributed by atoms with Crippen LogP contribution < -0.4 is 5.32 Å². The zero-order valence-corrected chi connectivity index (χ0v) is 13.2. The van der Waals surface area contributed by atoms with Crippen molar-refractivity contribution in [2.75, 3.05) is 13.1 Å². The second kappa shape index (κ2) is 6.24. The molecule has 7 heteroatoms. The first-order valence-electron chi connectivity index (χ1n) is 7.22. The van der Waals surface area contributed by atoms with Crippen molar-refractivity contribution in [3.63, 3.8) is 0 Å². The highest BCUT2D eigenvalue weighted by molar-refractivity contribution is 7.89. The molecule has 114 valence electrons. The number of hydrogen-bond donors (Lipinski definition) is 1. The lowest BCUT2D eigenvalue weighted by Gasteiger charge is -2.27. The largest absolute Gasteiger partial charge is 0.336 e. The van der Waals surface area contributed by atoms with E-state index in [1.54, 1.807) is 21.4 Å². The molecule has 2 rings (SSSR count). The van der Waals surface area contributed by atoms with Crippen molar-refractivity contribution < 1.29 is 8.42 Å². The summed E-state index contributed by atoms with van der Waals surface area (Å²) in [6, 6.07) is 0.176. The minimum atomic E-state index is -3.52. The molecule has 1 N–H and O–H groups in total. The average molecular weight is 300 g/mol. The van der Waals surface area contributed by atoms with Crippen molar-refractivity contribution in [1.82, 2.24) is 19.2 Å². The molecule has 1 aliphatic rings. The van der Waals surface area contributed by atoms with E-state index in [0.29, 0.717) is 13.1 Å². The summed E-state index contributed by atoms with van der Waals surface area (Å²) in [6.45, 7) is 7.97. The summed E-state index contributed by atoms with van der Waals surface area (Å²) < 4.78 is 28.8. The van der Waals surface area contributed by atoms with Crippen LogP contribution in [0.2, 0.25) is 0 Å². The van der Waals surface area contributed by atoms with Crippen molar-refractivity contribution in [3.8, 4) is 0 Å². The first kappa shape index (κ1) is 15.5. The number of aromatic nitrogens is 2. The van der Waals surface area contributed by atoms with Gasteiger partial charge in [0, 0.05) is 31.4 Å². The lowest BCUT2D eigenvalue weighted by atomic mass is 10.2. The Kier molecular flexibility index (Phi) is 4.82. The van der Waals surface area contributed by atoms with Crippen LogP contribution in [-0.2, 0) is 16.6 Å². The van der Waals surface area contributed by atoms with Gasteiger partial charge in [0.15, 0.2) is 5.03 Å². The minimum absolute atomic E-state index is 0.0748.